The molecule has 6 heteroatoms. The van der Waals surface area contributed by atoms with Gasteiger partial charge in [-0.3, -0.25) is 0 Å². The molecule has 114 valence electrons. The largest absolute Gasteiger partial charge is 0.393 e. The zero-order valence-corrected chi connectivity index (χ0v) is 12.5. The minimum Gasteiger partial charge on any atom is -0.311 e. The molecule has 1 aromatic rings. The van der Waals surface area contributed by atoms with Crippen molar-refractivity contribution >= 4 is 11.3 Å². The second-order valence-electron chi connectivity index (χ2n) is 5.37. The summed E-state index contributed by atoms with van der Waals surface area (Å²) in [6.45, 7) is 5.24. The Balaban J connectivity index is 1.66. The highest BCUT2D eigenvalue weighted by atomic mass is 32.1. The number of nitrogens with one attached hydrogen (secondary N) is 1. The van der Waals surface area contributed by atoms with E-state index in [-0.39, 0.29) is 13.0 Å². The van der Waals surface area contributed by atoms with Gasteiger partial charge in [0, 0.05) is 35.9 Å². The van der Waals surface area contributed by atoms with Crippen LogP contribution in [0, 0.1) is 12.8 Å². The van der Waals surface area contributed by atoms with Crippen molar-refractivity contribution in [2.24, 2.45) is 5.92 Å². The highest BCUT2D eigenvalue weighted by Crippen LogP contribution is 2.32. The third kappa shape index (κ3) is 4.75. The molecule has 1 aliphatic rings. The quantitative estimate of drug-likeness (QED) is 0.839. The molecule has 1 aliphatic heterocycles. The molecule has 0 radical (unpaired) electrons. The lowest BCUT2D eigenvalue weighted by Crippen LogP contribution is -2.44. The summed E-state index contributed by atoms with van der Waals surface area (Å²) in [5.74, 6) is -1.14. The van der Waals surface area contributed by atoms with Crippen LogP contribution in [0.4, 0.5) is 13.2 Å². The van der Waals surface area contributed by atoms with Gasteiger partial charge in [-0.1, -0.05) is 0 Å². The van der Waals surface area contributed by atoms with Crippen LogP contribution in [0.3, 0.4) is 0 Å². The maximum atomic E-state index is 12.7. The molecule has 2 rings (SSSR count). The predicted molar refractivity (Wildman–Crippen MR) is 76.0 cm³/mol. The number of likely N-dealkylation sites (tertiary alicyclic amines) is 1. The Kier molecular flexibility index (Phi) is 5.46. The molecular weight excluding hydrogens is 285 g/mol. The zero-order chi connectivity index (χ0) is 14.6. The molecule has 1 fully saturated rings. The van der Waals surface area contributed by atoms with Crippen LogP contribution < -0.4 is 5.32 Å². The van der Waals surface area contributed by atoms with E-state index >= 15 is 0 Å². The highest BCUT2D eigenvalue weighted by Gasteiger charge is 2.41. The van der Waals surface area contributed by atoms with Crippen LogP contribution in [0.1, 0.15) is 22.6 Å². The molecule has 1 aromatic heterocycles. The first kappa shape index (κ1) is 15.8. The number of rotatable bonds is 5. The SMILES string of the molecule is Cc1ccc(CNCCN2CCCC(C(F)(F)F)C2)s1. The van der Waals surface area contributed by atoms with Gasteiger partial charge < -0.3 is 10.2 Å². The number of halogens is 3. The summed E-state index contributed by atoms with van der Waals surface area (Å²) in [5, 5.41) is 3.30. The summed E-state index contributed by atoms with van der Waals surface area (Å²) < 4.78 is 38.1. The summed E-state index contributed by atoms with van der Waals surface area (Å²) >= 11 is 1.75. The van der Waals surface area contributed by atoms with E-state index in [0.717, 1.165) is 19.6 Å². The van der Waals surface area contributed by atoms with Crippen LogP contribution in [0.2, 0.25) is 0 Å². The molecule has 0 amide bonds. The average Bonchev–Trinajstić information content (AvgIpc) is 2.80. The summed E-state index contributed by atoms with van der Waals surface area (Å²) in [4.78, 5) is 4.48. The van der Waals surface area contributed by atoms with E-state index in [2.05, 4.69) is 24.4 Å². The standard InChI is InChI=1S/C14H21F3N2S/c1-11-4-5-13(20-11)9-18-6-8-19-7-2-3-12(10-19)14(15,16)17/h4-5,12,18H,2-3,6-10H2,1H3. The lowest BCUT2D eigenvalue weighted by Gasteiger charge is -2.33. The Morgan fingerprint density at radius 3 is 2.85 bits per heavy atom. The van der Waals surface area contributed by atoms with Gasteiger partial charge in [-0.25, -0.2) is 0 Å². The molecular formula is C14H21F3N2S. The fraction of sp³-hybridized carbons (Fsp3) is 0.714. The predicted octanol–water partition coefficient (Wildman–Crippen LogP) is 3.42. The highest BCUT2D eigenvalue weighted by molar-refractivity contribution is 7.11. The summed E-state index contributed by atoms with van der Waals surface area (Å²) in [6.07, 6.45) is -3.11. The van der Waals surface area contributed by atoms with Crippen LogP contribution in [0.5, 0.6) is 0 Å². The Morgan fingerprint density at radius 2 is 2.20 bits per heavy atom. The van der Waals surface area contributed by atoms with Gasteiger partial charge in [-0.15, -0.1) is 11.3 Å². The Hall–Kier alpha value is -0.590. The number of nitrogens with zero attached hydrogens (tertiary/aromatic N) is 1. The van der Waals surface area contributed by atoms with Crippen molar-refractivity contribution in [3.05, 3.63) is 21.9 Å². The number of hydrogen-bond donors (Lipinski definition) is 1. The molecule has 0 aliphatic carbocycles. The number of aryl methyl sites for hydroxylation is 1. The molecule has 1 N–H and O–H groups in total. The van der Waals surface area contributed by atoms with Gasteiger partial charge in [-0.05, 0) is 38.4 Å². The second kappa shape index (κ2) is 6.91. The molecule has 0 saturated carbocycles. The number of thiophene rings is 1. The Morgan fingerprint density at radius 1 is 1.40 bits per heavy atom. The summed E-state index contributed by atoms with van der Waals surface area (Å²) in [7, 11) is 0. The molecule has 1 unspecified atom stereocenters. The van der Waals surface area contributed by atoms with Crippen molar-refractivity contribution in [2.75, 3.05) is 26.2 Å². The van der Waals surface area contributed by atoms with Crippen molar-refractivity contribution in [3.8, 4) is 0 Å². The fourth-order valence-corrected chi connectivity index (χ4v) is 3.41. The molecule has 1 atom stereocenters. The summed E-state index contributed by atoms with van der Waals surface area (Å²) in [6, 6.07) is 4.17. The van der Waals surface area contributed by atoms with Crippen molar-refractivity contribution in [1.82, 2.24) is 10.2 Å². The first-order valence-electron chi connectivity index (χ1n) is 7.00. The van der Waals surface area contributed by atoms with E-state index in [4.69, 9.17) is 0 Å². The van der Waals surface area contributed by atoms with E-state index in [1.807, 2.05) is 4.90 Å². The Labute approximate surface area is 122 Å². The van der Waals surface area contributed by atoms with E-state index in [1.165, 1.54) is 9.75 Å². The normalized spacial score (nSPS) is 21.3. The molecule has 2 nitrogen and oxygen atoms in total. The molecule has 20 heavy (non-hydrogen) atoms. The molecule has 0 aromatic carbocycles. The van der Waals surface area contributed by atoms with Gasteiger partial charge >= 0.3 is 6.18 Å². The minimum absolute atomic E-state index is 0.156. The van der Waals surface area contributed by atoms with Gasteiger partial charge in [0.05, 0.1) is 5.92 Å². The third-order valence-electron chi connectivity index (χ3n) is 3.67. The van der Waals surface area contributed by atoms with Crippen molar-refractivity contribution in [3.63, 3.8) is 0 Å². The number of alkyl halides is 3. The van der Waals surface area contributed by atoms with Crippen molar-refractivity contribution in [2.45, 2.75) is 32.5 Å². The molecule has 0 spiro atoms. The van der Waals surface area contributed by atoms with E-state index in [1.54, 1.807) is 11.3 Å². The maximum absolute atomic E-state index is 12.7. The topological polar surface area (TPSA) is 15.3 Å². The van der Waals surface area contributed by atoms with Crippen LogP contribution in [-0.2, 0) is 6.54 Å². The zero-order valence-electron chi connectivity index (χ0n) is 11.7. The van der Waals surface area contributed by atoms with Crippen molar-refractivity contribution < 1.29 is 13.2 Å². The second-order valence-corrected chi connectivity index (χ2v) is 6.74. The molecule has 2 heterocycles. The number of hydrogen-bond acceptors (Lipinski definition) is 3. The lowest BCUT2D eigenvalue weighted by molar-refractivity contribution is -0.186. The van der Waals surface area contributed by atoms with Gasteiger partial charge in [0.1, 0.15) is 0 Å². The average molecular weight is 306 g/mol. The first-order chi connectivity index (χ1) is 9.45. The van der Waals surface area contributed by atoms with Crippen LogP contribution >= 0.6 is 11.3 Å². The summed E-state index contributed by atoms with van der Waals surface area (Å²) in [5.41, 5.74) is 0. The lowest BCUT2D eigenvalue weighted by atomic mass is 9.97. The monoisotopic (exact) mass is 306 g/mol. The Bertz CT molecular complexity index is 417. The number of piperidine rings is 1. The van der Waals surface area contributed by atoms with E-state index in [0.29, 0.717) is 13.0 Å². The van der Waals surface area contributed by atoms with Crippen LogP contribution in [-0.4, -0.2) is 37.3 Å². The molecule has 0 bridgehead atoms. The van der Waals surface area contributed by atoms with Gasteiger partial charge in [0.2, 0.25) is 0 Å². The fourth-order valence-electron chi connectivity index (χ4n) is 2.55. The third-order valence-corrected chi connectivity index (χ3v) is 4.67. The van der Waals surface area contributed by atoms with Gasteiger partial charge in [-0.2, -0.15) is 13.2 Å². The minimum atomic E-state index is -4.04. The van der Waals surface area contributed by atoms with Gasteiger partial charge in [0.25, 0.3) is 0 Å². The first-order valence-corrected chi connectivity index (χ1v) is 7.82. The van der Waals surface area contributed by atoms with Crippen LogP contribution in [0.15, 0.2) is 12.1 Å². The maximum Gasteiger partial charge on any atom is 0.393 e. The van der Waals surface area contributed by atoms with E-state index in [9.17, 15) is 13.2 Å². The smallest absolute Gasteiger partial charge is 0.311 e. The van der Waals surface area contributed by atoms with Crippen LogP contribution in [0.25, 0.3) is 0 Å². The van der Waals surface area contributed by atoms with Gasteiger partial charge in [0.15, 0.2) is 0 Å². The van der Waals surface area contributed by atoms with Crippen molar-refractivity contribution in [1.29, 1.82) is 0 Å². The molecule has 1 saturated heterocycles. The van der Waals surface area contributed by atoms with E-state index < -0.39 is 12.1 Å².